The highest BCUT2D eigenvalue weighted by Gasteiger charge is 2.27. The van der Waals surface area contributed by atoms with E-state index in [1.54, 1.807) is 43.3 Å². The molecule has 2 aromatic rings. The summed E-state index contributed by atoms with van der Waals surface area (Å²) in [5, 5.41) is 2.82. The molecule has 2 rings (SSSR count). The fourth-order valence-corrected chi connectivity index (χ4v) is 2.94. The third kappa shape index (κ3) is 7.14. The fraction of sp³-hybridized carbons (Fsp3) is 0.417. The van der Waals surface area contributed by atoms with Gasteiger partial charge in [0.15, 0.2) is 6.61 Å². The van der Waals surface area contributed by atoms with Crippen molar-refractivity contribution in [2.75, 3.05) is 27.4 Å². The maximum Gasteiger partial charge on any atom is 0.261 e. The summed E-state index contributed by atoms with van der Waals surface area (Å²) in [6.07, 6.45) is 0. The minimum atomic E-state index is -0.815. The first-order chi connectivity index (χ1) is 15.2. The topological polar surface area (TPSA) is 77.1 Å². The van der Waals surface area contributed by atoms with Crippen molar-refractivity contribution in [1.29, 1.82) is 0 Å². The van der Waals surface area contributed by atoms with Crippen molar-refractivity contribution in [3.63, 3.8) is 0 Å². The Morgan fingerprint density at radius 1 is 1.00 bits per heavy atom. The van der Waals surface area contributed by atoms with Crippen LogP contribution in [0.4, 0.5) is 4.39 Å². The lowest BCUT2D eigenvalue weighted by atomic mass is 10.1. The van der Waals surface area contributed by atoms with Crippen LogP contribution < -0.4 is 19.5 Å². The molecule has 0 fully saturated rings. The number of benzene rings is 2. The van der Waals surface area contributed by atoms with Gasteiger partial charge in [0.05, 0.1) is 14.2 Å². The Hall–Kier alpha value is -3.29. The van der Waals surface area contributed by atoms with Gasteiger partial charge < -0.3 is 24.4 Å². The Balaban J connectivity index is 2.19. The van der Waals surface area contributed by atoms with Gasteiger partial charge in [0.25, 0.3) is 5.91 Å². The Kier molecular flexibility index (Phi) is 9.31. The molecule has 8 heteroatoms. The van der Waals surface area contributed by atoms with E-state index >= 15 is 0 Å². The van der Waals surface area contributed by atoms with Gasteiger partial charge >= 0.3 is 0 Å². The van der Waals surface area contributed by atoms with Crippen LogP contribution >= 0.6 is 0 Å². The van der Waals surface area contributed by atoms with Gasteiger partial charge in [-0.3, -0.25) is 9.59 Å². The zero-order chi connectivity index (χ0) is 23.7. The summed E-state index contributed by atoms with van der Waals surface area (Å²) in [5.74, 6) is 0.436. The molecular formula is C24H31FN2O5. The van der Waals surface area contributed by atoms with Crippen LogP contribution in [0.2, 0.25) is 0 Å². The summed E-state index contributed by atoms with van der Waals surface area (Å²) in [6, 6.07) is 10.3. The predicted octanol–water partition coefficient (Wildman–Crippen LogP) is 3.41. The number of ether oxygens (including phenoxy) is 3. The largest absolute Gasteiger partial charge is 0.496 e. The molecule has 0 aromatic heterocycles. The zero-order valence-electron chi connectivity index (χ0n) is 19.2. The number of methoxy groups -OCH3 is 2. The van der Waals surface area contributed by atoms with Crippen LogP contribution in [0.3, 0.4) is 0 Å². The van der Waals surface area contributed by atoms with Crippen molar-refractivity contribution < 1.29 is 28.2 Å². The van der Waals surface area contributed by atoms with E-state index in [1.807, 2.05) is 13.8 Å². The number of nitrogens with one attached hydrogen (secondary N) is 1. The highest BCUT2D eigenvalue weighted by Crippen LogP contribution is 2.27. The number of rotatable bonds is 11. The molecule has 0 aliphatic heterocycles. The Morgan fingerprint density at radius 3 is 2.16 bits per heavy atom. The second-order valence-electron chi connectivity index (χ2n) is 7.77. The maximum atomic E-state index is 14.3. The predicted molar refractivity (Wildman–Crippen MR) is 119 cm³/mol. The van der Waals surface area contributed by atoms with Crippen LogP contribution in [0.15, 0.2) is 42.5 Å². The smallest absolute Gasteiger partial charge is 0.261 e. The molecule has 0 radical (unpaired) electrons. The molecule has 0 aliphatic carbocycles. The van der Waals surface area contributed by atoms with Crippen LogP contribution in [-0.4, -0.2) is 50.1 Å². The minimum Gasteiger partial charge on any atom is -0.496 e. The molecule has 1 atom stereocenters. The van der Waals surface area contributed by atoms with Gasteiger partial charge in [-0.15, -0.1) is 0 Å². The van der Waals surface area contributed by atoms with Gasteiger partial charge in [0.2, 0.25) is 5.91 Å². The van der Waals surface area contributed by atoms with E-state index in [0.29, 0.717) is 29.4 Å². The van der Waals surface area contributed by atoms with Crippen LogP contribution in [0.25, 0.3) is 0 Å². The standard InChI is InChI=1S/C24H31FN2O5/c1-16(2)13-26-24(29)17(3)27(14-18-8-6-7-9-22(18)25)23(28)15-32-21-11-19(30-4)10-20(12-21)31-5/h6-12,16-17H,13-15H2,1-5H3,(H,26,29)/t17-/m0/s1. The van der Waals surface area contributed by atoms with Crippen molar-refractivity contribution in [2.45, 2.75) is 33.4 Å². The van der Waals surface area contributed by atoms with Crippen molar-refractivity contribution in [3.8, 4) is 17.2 Å². The number of carbonyl (C=O) groups excluding carboxylic acids is 2. The van der Waals surface area contributed by atoms with Crippen LogP contribution in [-0.2, 0) is 16.1 Å². The minimum absolute atomic E-state index is 0.0629. The van der Waals surface area contributed by atoms with Crippen LogP contribution in [0, 0.1) is 11.7 Å². The Bertz CT molecular complexity index is 897. The van der Waals surface area contributed by atoms with Gasteiger partial charge in [0, 0.05) is 36.9 Å². The first-order valence-electron chi connectivity index (χ1n) is 10.4. The summed E-state index contributed by atoms with van der Waals surface area (Å²) in [6.45, 7) is 5.64. The lowest BCUT2D eigenvalue weighted by Gasteiger charge is -2.29. The van der Waals surface area contributed by atoms with E-state index in [0.717, 1.165) is 0 Å². The average molecular weight is 447 g/mol. The molecule has 0 unspecified atom stereocenters. The van der Waals surface area contributed by atoms with Gasteiger partial charge in [-0.25, -0.2) is 4.39 Å². The van der Waals surface area contributed by atoms with Crippen molar-refractivity contribution in [1.82, 2.24) is 10.2 Å². The molecule has 174 valence electrons. The number of amides is 2. The molecule has 2 amide bonds. The number of hydrogen-bond acceptors (Lipinski definition) is 5. The molecule has 0 saturated heterocycles. The monoisotopic (exact) mass is 446 g/mol. The summed E-state index contributed by atoms with van der Waals surface area (Å²) in [4.78, 5) is 27.0. The summed E-state index contributed by atoms with van der Waals surface area (Å²) in [5.41, 5.74) is 0.312. The summed E-state index contributed by atoms with van der Waals surface area (Å²) >= 11 is 0. The zero-order valence-corrected chi connectivity index (χ0v) is 19.2. The molecule has 0 bridgehead atoms. The Labute approximate surface area is 188 Å². The van der Waals surface area contributed by atoms with Gasteiger partial charge in [0.1, 0.15) is 29.1 Å². The second-order valence-corrected chi connectivity index (χ2v) is 7.77. The summed E-state index contributed by atoms with van der Waals surface area (Å²) < 4.78 is 30.3. The van der Waals surface area contributed by atoms with Crippen LogP contribution in [0.1, 0.15) is 26.3 Å². The highest BCUT2D eigenvalue weighted by atomic mass is 19.1. The highest BCUT2D eigenvalue weighted by molar-refractivity contribution is 5.88. The molecule has 0 saturated carbocycles. The normalized spacial score (nSPS) is 11.6. The second kappa shape index (κ2) is 11.9. The van der Waals surface area contributed by atoms with Crippen molar-refractivity contribution in [3.05, 3.63) is 53.8 Å². The van der Waals surface area contributed by atoms with Crippen molar-refractivity contribution >= 4 is 11.8 Å². The molecule has 0 spiro atoms. The molecule has 1 N–H and O–H groups in total. The van der Waals surface area contributed by atoms with E-state index < -0.39 is 17.8 Å². The lowest BCUT2D eigenvalue weighted by molar-refractivity contribution is -0.142. The number of halogens is 1. The third-order valence-corrected chi connectivity index (χ3v) is 4.84. The number of nitrogens with zero attached hydrogens (tertiary/aromatic N) is 1. The van der Waals surface area contributed by atoms with Gasteiger partial charge in [-0.05, 0) is 18.9 Å². The average Bonchev–Trinajstić information content (AvgIpc) is 2.79. The summed E-state index contributed by atoms with van der Waals surface area (Å²) in [7, 11) is 3.02. The van der Waals surface area contributed by atoms with E-state index in [4.69, 9.17) is 14.2 Å². The van der Waals surface area contributed by atoms with E-state index in [-0.39, 0.29) is 25.0 Å². The van der Waals surface area contributed by atoms with Gasteiger partial charge in [-0.1, -0.05) is 32.0 Å². The Morgan fingerprint density at radius 2 is 1.59 bits per heavy atom. The quantitative estimate of drug-likeness (QED) is 0.572. The molecule has 2 aromatic carbocycles. The SMILES string of the molecule is COc1cc(OC)cc(OCC(=O)N(Cc2ccccc2F)[C@@H](C)C(=O)NCC(C)C)c1. The fourth-order valence-electron chi connectivity index (χ4n) is 2.94. The molecule has 0 aliphatic rings. The molecule has 7 nitrogen and oxygen atoms in total. The maximum absolute atomic E-state index is 14.3. The van der Waals surface area contributed by atoms with Crippen LogP contribution in [0.5, 0.6) is 17.2 Å². The van der Waals surface area contributed by atoms with Gasteiger partial charge in [-0.2, -0.15) is 0 Å². The number of hydrogen-bond donors (Lipinski definition) is 1. The molecular weight excluding hydrogens is 415 g/mol. The first kappa shape index (κ1) is 25.0. The first-order valence-corrected chi connectivity index (χ1v) is 10.4. The number of carbonyl (C=O) groups is 2. The molecule has 32 heavy (non-hydrogen) atoms. The van der Waals surface area contributed by atoms with E-state index in [2.05, 4.69) is 5.32 Å². The van der Waals surface area contributed by atoms with Crippen molar-refractivity contribution in [2.24, 2.45) is 5.92 Å². The third-order valence-electron chi connectivity index (χ3n) is 4.84. The van der Waals surface area contributed by atoms with E-state index in [1.165, 1.54) is 25.2 Å². The molecule has 0 heterocycles. The van der Waals surface area contributed by atoms with E-state index in [9.17, 15) is 14.0 Å². The lowest BCUT2D eigenvalue weighted by Crippen LogP contribution is -2.49.